The highest BCUT2D eigenvalue weighted by molar-refractivity contribution is 14.1. The van der Waals surface area contributed by atoms with Gasteiger partial charge in [-0.1, -0.05) is 36.2 Å². The lowest BCUT2D eigenvalue weighted by Gasteiger charge is -2.23. The number of halogens is 3. The van der Waals surface area contributed by atoms with Crippen LogP contribution in [0.15, 0.2) is 30.3 Å². The van der Waals surface area contributed by atoms with Crippen molar-refractivity contribution >= 4 is 45.8 Å². The first-order valence-corrected chi connectivity index (χ1v) is 8.72. The molecule has 0 fully saturated rings. The number of aryl methyl sites for hydroxylation is 2. The van der Waals surface area contributed by atoms with Gasteiger partial charge < -0.3 is 5.32 Å². The van der Waals surface area contributed by atoms with Gasteiger partial charge in [-0.2, -0.15) is 0 Å². The van der Waals surface area contributed by atoms with Crippen LogP contribution in [-0.4, -0.2) is 6.54 Å². The molecule has 0 radical (unpaired) electrons. The van der Waals surface area contributed by atoms with Crippen LogP contribution in [0.2, 0.25) is 10.0 Å². The zero-order valence-corrected chi connectivity index (χ0v) is 16.0. The minimum Gasteiger partial charge on any atom is -0.306 e. The van der Waals surface area contributed by atoms with E-state index in [1.807, 2.05) is 24.3 Å². The van der Waals surface area contributed by atoms with E-state index >= 15 is 0 Å². The van der Waals surface area contributed by atoms with E-state index in [1.54, 1.807) is 0 Å². The highest BCUT2D eigenvalue weighted by atomic mass is 127. The molecule has 2 rings (SSSR count). The van der Waals surface area contributed by atoms with Crippen molar-refractivity contribution < 1.29 is 0 Å². The summed E-state index contributed by atoms with van der Waals surface area (Å²) in [6, 6.07) is 10.2. The van der Waals surface area contributed by atoms with Gasteiger partial charge >= 0.3 is 0 Å². The second-order valence-corrected chi connectivity index (χ2v) is 7.12. The van der Waals surface area contributed by atoms with Crippen molar-refractivity contribution in [1.82, 2.24) is 5.32 Å². The van der Waals surface area contributed by atoms with Crippen molar-refractivity contribution in [3.63, 3.8) is 0 Å². The fourth-order valence-electron chi connectivity index (χ4n) is 2.35. The molecule has 0 aromatic heterocycles. The Labute approximate surface area is 150 Å². The molecule has 0 aliphatic heterocycles. The van der Waals surface area contributed by atoms with E-state index in [1.165, 1.54) is 14.7 Å². The lowest BCUT2D eigenvalue weighted by Crippen LogP contribution is -2.23. The molecular formula is C17H18Cl2IN. The summed E-state index contributed by atoms with van der Waals surface area (Å²) in [6.07, 6.45) is 0. The van der Waals surface area contributed by atoms with Crippen molar-refractivity contribution in [1.29, 1.82) is 0 Å². The van der Waals surface area contributed by atoms with Crippen LogP contribution in [0, 0.1) is 17.4 Å². The van der Waals surface area contributed by atoms with Crippen LogP contribution in [0.1, 0.15) is 35.2 Å². The molecule has 1 nitrogen and oxygen atoms in total. The van der Waals surface area contributed by atoms with Gasteiger partial charge in [-0.25, -0.2) is 0 Å². The fourth-order valence-corrected chi connectivity index (χ4v) is 3.51. The Bertz CT molecular complexity index is 655. The largest absolute Gasteiger partial charge is 0.306 e. The molecule has 0 aliphatic rings. The normalized spacial score (nSPS) is 12.5. The molecule has 1 unspecified atom stereocenters. The van der Waals surface area contributed by atoms with E-state index in [0.29, 0.717) is 0 Å². The second kappa shape index (κ2) is 7.32. The second-order valence-electron chi connectivity index (χ2n) is 5.11. The SMILES string of the molecule is CCNC(c1cc(C)c(C)cc1Cl)c1cc(Cl)ccc1I. The molecule has 2 aromatic carbocycles. The third-order valence-corrected chi connectivity index (χ3v) is 5.15. The van der Waals surface area contributed by atoms with Crippen LogP contribution in [0.25, 0.3) is 0 Å². The number of benzene rings is 2. The Morgan fingerprint density at radius 3 is 2.38 bits per heavy atom. The third kappa shape index (κ3) is 3.92. The van der Waals surface area contributed by atoms with Crippen molar-refractivity contribution in [2.24, 2.45) is 0 Å². The molecule has 21 heavy (non-hydrogen) atoms. The Kier molecular flexibility index (Phi) is 5.95. The first-order chi connectivity index (χ1) is 9.93. The molecule has 0 saturated carbocycles. The maximum atomic E-state index is 6.50. The molecule has 0 heterocycles. The van der Waals surface area contributed by atoms with Gasteiger partial charge in [-0.05, 0) is 89.5 Å². The molecule has 0 bridgehead atoms. The number of hydrogen-bond donors (Lipinski definition) is 1. The molecule has 4 heteroatoms. The predicted molar refractivity (Wildman–Crippen MR) is 101 cm³/mol. The smallest absolute Gasteiger partial charge is 0.0602 e. The summed E-state index contributed by atoms with van der Waals surface area (Å²) < 4.78 is 1.18. The lowest BCUT2D eigenvalue weighted by atomic mass is 9.95. The van der Waals surface area contributed by atoms with Crippen LogP contribution < -0.4 is 5.32 Å². The van der Waals surface area contributed by atoms with Crippen LogP contribution in [-0.2, 0) is 0 Å². The Morgan fingerprint density at radius 2 is 1.71 bits per heavy atom. The van der Waals surface area contributed by atoms with Crippen LogP contribution >= 0.6 is 45.8 Å². The zero-order valence-electron chi connectivity index (χ0n) is 12.3. The predicted octanol–water partition coefficient (Wildman–Crippen LogP) is 5.91. The summed E-state index contributed by atoms with van der Waals surface area (Å²) in [7, 11) is 0. The van der Waals surface area contributed by atoms with Crippen LogP contribution in [0.3, 0.4) is 0 Å². The Balaban J connectivity index is 2.58. The maximum Gasteiger partial charge on any atom is 0.0602 e. The standard InChI is InChI=1S/C17H18Cl2IN/c1-4-21-17(14-9-12(18)5-6-16(14)20)13-7-10(2)11(3)8-15(13)19/h5-9,17,21H,4H2,1-3H3. The van der Waals surface area contributed by atoms with Crippen molar-refractivity contribution in [3.05, 3.63) is 66.2 Å². The van der Waals surface area contributed by atoms with Gasteiger partial charge in [0.1, 0.15) is 0 Å². The minimum absolute atomic E-state index is 0.0485. The molecule has 0 saturated heterocycles. The first-order valence-electron chi connectivity index (χ1n) is 6.89. The van der Waals surface area contributed by atoms with Gasteiger partial charge in [-0.3, -0.25) is 0 Å². The van der Waals surface area contributed by atoms with Gasteiger partial charge in [0, 0.05) is 13.6 Å². The van der Waals surface area contributed by atoms with E-state index in [0.717, 1.165) is 27.7 Å². The van der Waals surface area contributed by atoms with Gasteiger partial charge in [-0.15, -0.1) is 0 Å². The molecular weight excluding hydrogens is 416 g/mol. The molecule has 2 aromatic rings. The fraction of sp³-hybridized carbons (Fsp3) is 0.294. The minimum atomic E-state index is 0.0485. The summed E-state index contributed by atoms with van der Waals surface area (Å²) in [5.74, 6) is 0. The molecule has 0 amide bonds. The van der Waals surface area contributed by atoms with E-state index in [-0.39, 0.29) is 6.04 Å². The van der Waals surface area contributed by atoms with Crippen molar-refractivity contribution in [2.75, 3.05) is 6.54 Å². The van der Waals surface area contributed by atoms with Crippen molar-refractivity contribution in [2.45, 2.75) is 26.8 Å². The van der Waals surface area contributed by atoms with E-state index in [4.69, 9.17) is 23.2 Å². The molecule has 1 N–H and O–H groups in total. The molecule has 112 valence electrons. The van der Waals surface area contributed by atoms with Crippen LogP contribution in [0.4, 0.5) is 0 Å². The van der Waals surface area contributed by atoms with E-state index < -0.39 is 0 Å². The number of nitrogens with one attached hydrogen (secondary N) is 1. The van der Waals surface area contributed by atoms with Crippen molar-refractivity contribution in [3.8, 4) is 0 Å². The highest BCUT2D eigenvalue weighted by Crippen LogP contribution is 2.34. The third-order valence-electron chi connectivity index (χ3n) is 3.60. The first kappa shape index (κ1) is 17.1. The summed E-state index contributed by atoms with van der Waals surface area (Å²) in [4.78, 5) is 0. The topological polar surface area (TPSA) is 12.0 Å². The monoisotopic (exact) mass is 433 g/mol. The summed E-state index contributed by atoms with van der Waals surface area (Å²) >= 11 is 15.0. The van der Waals surface area contributed by atoms with Gasteiger partial charge in [0.2, 0.25) is 0 Å². The summed E-state index contributed by atoms with van der Waals surface area (Å²) in [6.45, 7) is 7.15. The lowest BCUT2D eigenvalue weighted by molar-refractivity contribution is 0.628. The number of hydrogen-bond acceptors (Lipinski definition) is 1. The van der Waals surface area contributed by atoms with Gasteiger partial charge in [0.15, 0.2) is 0 Å². The Morgan fingerprint density at radius 1 is 1.05 bits per heavy atom. The molecule has 1 atom stereocenters. The summed E-state index contributed by atoms with van der Waals surface area (Å²) in [5, 5.41) is 5.06. The molecule has 0 spiro atoms. The number of rotatable bonds is 4. The van der Waals surface area contributed by atoms with Gasteiger partial charge in [0.25, 0.3) is 0 Å². The maximum absolute atomic E-state index is 6.50. The average molecular weight is 434 g/mol. The zero-order chi connectivity index (χ0) is 15.6. The average Bonchev–Trinajstić information content (AvgIpc) is 2.43. The van der Waals surface area contributed by atoms with Gasteiger partial charge in [0.05, 0.1) is 6.04 Å². The quantitative estimate of drug-likeness (QED) is 0.590. The van der Waals surface area contributed by atoms with E-state index in [2.05, 4.69) is 54.7 Å². The van der Waals surface area contributed by atoms with E-state index in [9.17, 15) is 0 Å². The summed E-state index contributed by atoms with van der Waals surface area (Å²) in [5.41, 5.74) is 4.71. The Hall–Kier alpha value is -0.290. The molecule has 0 aliphatic carbocycles. The highest BCUT2D eigenvalue weighted by Gasteiger charge is 2.19. The van der Waals surface area contributed by atoms with Crippen LogP contribution in [0.5, 0.6) is 0 Å².